The maximum absolute atomic E-state index is 11.1. The largest absolute Gasteiger partial charge is 0.481 e. The van der Waals surface area contributed by atoms with Crippen molar-refractivity contribution in [2.75, 3.05) is 13.1 Å². The highest BCUT2D eigenvalue weighted by atomic mass is 16.4. The van der Waals surface area contributed by atoms with Crippen molar-refractivity contribution >= 4 is 5.97 Å². The first-order valence-electron chi connectivity index (χ1n) is 6.19. The lowest BCUT2D eigenvalue weighted by Gasteiger charge is -2.15. The molecule has 2 rings (SSSR count). The second kappa shape index (κ2) is 5.32. The monoisotopic (exact) mass is 233 g/mol. The quantitative estimate of drug-likeness (QED) is 0.867. The Morgan fingerprint density at radius 3 is 2.59 bits per heavy atom. The number of carboxylic acid groups (broad SMARTS) is 1. The summed E-state index contributed by atoms with van der Waals surface area (Å²) in [4.78, 5) is 13.4. The number of nitrogens with zero attached hydrogens (tertiary/aromatic N) is 1. The van der Waals surface area contributed by atoms with E-state index in [-0.39, 0.29) is 5.92 Å². The number of aliphatic carboxylic acids is 1. The van der Waals surface area contributed by atoms with Gasteiger partial charge in [0.2, 0.25) is 0 Å². The zero-order chi connectivity index (χ0) is 12.3. The van der Waals surface area contributed by atoms with Crippen molar-refractivity contribution in [1.82, 2.24) is 4.90 Å². The van der Waals surface area contributed by atoms with E-state index in [0.29, 0.717) is 12.5 Å². The van der Waals surface area contributed by atoms with Crippen LogP contribution in [0.5, 0.6) is 0 Å². The lowest BCUT2D eigenvalue weighted by molar-refractivity contribution is -0.142. The molecule has 3 heteroatoms. The normalized spacial score (nSPS) is 25.0. The van der Waals surface area contributed by atoms with E-state index >= 15 is 0 Å². The molecule has 0 aliphatic carbocycles. The van der Waals surface area contributed by atoms with Crippen LogP contribution in [0.15, 0.2) is 30.3 Å². The van der Waals surface area contributed by atoms with Crippen molar-refractivity contribution in [2.45, 2.75) is 19.9 Å². The molecule has 0 unspecified atom stereocenters. The first-order valence-corrected chi connectivity index (χ1v) is 6.19. The van der Waals surface area contributed by atoms with Crippen LogP contribution in [0.1, 0.15) is 18.9 Å². The Kier molecular flexibility index (Phi) is 3.79. The summed E-state index contributed by atoms with van der Waals surface area (Å²) in [7, 11) is 0. The molecule has 0 spiro atoms. The van der Waals surface area contributed by atoms with Gasteiger partial charge >= 0.3 is 5.97 Å². The molecule has 1 heterocycles. The fraction of sp³-hybridized carbons (Fsp3) is 0.500. The summed E-state index contributed by atoms with van der Waals surface area (Å²) >= 11 is 0. The number of carbonyl (C=O) groups is 1. The summed E-state index contributed by atoms with van der Waals surface area (Å²) in [5.74, 6) is -0.535. The van der Waals surface area contributed by atoms with Crippen LogP contribution in [0.2, 0.25) is 0 Å². The first-order chi connectivity index (χ1) is 8.20. The SMILES string of the molecule is CC[C@@H]1CN(Cc2ccccc2)C[C@@H]1C(=O)O. The predicted molar refractivity (Wildman–Crippen MR) is 66.6 cm³/mol. The third kappa shape index (κ3) is 2.86. The van der Waals surface area contributed by atoms with Crippen LogP contribution in [0, 0.1) is 11.8 Å². The highest BCUT2D eigenvalue weighted by Crippen LogP contribution is 2.27. The topological polar surface area (TPSA) is 40.5 Å². The molecule has 1 aromatic rings. The van der Waals surface area contributed by atoms with Gasteiger partial charge in [0.05, 0.1) is 5.92 Å². The third-order valence-corrected chi connectivity index (χ3v) is 3.61. The van der Waals surface area contributed by atoms with E-state index in [2.05, 4.69) is 24.0 Å². The summed E-state index contributed by atoms with van der Waals surface area (Å²) in [6, 6.07) is 10.2. The van der Waals surface area contributed by atoms with Gasteiger partial charge in [-0.05, 0) is 11.5 Å². The summed E-state index contributed by atoms with van der Waals surface area (Å²) in [5.41, 5.74) is 1.26. The lowest BCUT2D eigenvalue weighted by Crippen LogP contribution is -2.23. The molecule has 0 radical (unpaired) electrons. The summed E-state index contributed by atoms with van der Waals surface area (Å²) < 4.78 is 0. The minimum atomic E-state index is -0.646. The summed E-state index contributed by atoms with van der Waals surface area (Å²) in [6.45, 7) is 4.53. The molecule has 0 aromatic heterocycles. The van der Waals surface area contributed by atoms with Gasteiger partial charge in [-0.2, -0.15) is 0 Å². The highest BCUT2D eigenvalue weighted by Gasteiger charge is 2.36. The van der Waals surface area contributed by atoms with Crippen molar-refractivity contribution in [3.05, 3.63) is 35.9 Å². The third-order valence-electron chi connectivity index (χ3n) is 3.61. The maximum atomic E-state index is 11.1. The van der Waals surface area contributed by atoms with Gasteiger partial charge in [-0.1, -0.05) is 43.7 Å². The molecule has 17 heavy (non-hydrogen) atoms. The molecular formula is C14H19NO2. The maximum Gasteiger partial charge on any atom is 0.308 e. The molecule has 1 fully saturated rings. The van der Waals surface area contributed by atoms with Crippen molar-refractivity contribution in [3.8, 4) is 0 Å². The first kappa shape index (κ1) is 12.1. The standard InChI is InChI=1S/C14H19NO2/c1-2-12-9-15(10-13(12)14(16)17)8-11-6-4-3-5-7-11/h3-7,12-13H,2,8-10H2,1H3,(H,16,17)/t12-,13+/m1/s1. The number of hydrogen-bond donors (Lipinski definition) is 1. The molecule has 1 aromatic carbocycles. The fourth-order valence-electron chi connectivity index (χ4n) is 2.62. The van der Waals surface area contributed by atoms with Gasteiger partial charge in [-0.25, -0.2) is 0 Å². The Morgan fingerprint density at radius 2 is 2.06 bits per heavy atom. The zero-order valence-electron chi connectivity index (χ0n) is 10.2. The fourth-order valence-corrected chi connectivity index (χ4v) is 2.62. The van der Waals surface area contributed by atoms with Crippen molar-refractivity contribution in [2.24, 2.45) is 11.8 Å². The Hall–Kier alpha value is -1.35. The molecular weight excluding hydrogens is 214 g/mol. The van der Waals surface area contributed by atoms with E-state index in [4.69, 9.17) is 0 Å². The second-order valence-corrected chi connectivity index (χ2v) is 4.79. The Labute approximate surface area is 102 Å². The van der Waals surface area contributed by atoms with Crippen molar-refractivity contribution in [3.63, 3.8) is 0 Å². The van der Waals surface area contributed by atoms with Crippen molar-refractivity contribution in [1.29, 1.82) is 0 Å². The Morgan fingerprint density at radius 1 is 1.35 bits per heavy atom. The molecule has 3 nitrogen and oxygen atoms in total. The van der Waals surface area contributed by atoms with Gasteiger partial charge in [0, 0.05) is 19.6 Å². The number of benzene rings is 1. The van der Waals surface area contributed by atoms with E-state index in [0.717, 1.165) is 19.5 Å². The lowest BCUT2D eigenvalue weighted by atomic mass is 9.94. The molecule has 2 atom stereocenters. The van der Waals surface area contributed by atoms with Crippen LogP contribution in [0.3, 0.4) is 0 Å². The molecule has 0 amide bonds. The molecule has 1 saturated heterocycles. The summed E-state index contributed by atoms with van der Waals surface area (Å²) in [5, 5.41) is 9.17. The smallest absolute Gasteiger partial charge is 0.308 e. The van der Waals surface area contributed by atoms with E-state index in [1.165, 1.54) is 5.56 Å². The van der Waals surface area contributed by atoms with Gasteiger partial charge in [0.25, 0.3) is 0 Å². The number of carboxylic acids is 1. The minimum absolute atomic E-state index is 0.191. The van der Waals surface area contributed by atoms with Crippen LogP contribution in [0.4, 0.5) is 0 Å². The minimum Gasteiger partial charge on any atom is -0.481 e. The molecule has 1 aliphatic heterocycles. The molecule has 1 aliphatic rings. The zero-order valence-corrected chi connectivity index (χ0v) is 10.2. The van der Waals surface area contributed by atoms with Crippen LogP contribution < -0.4 is 0 Å². The van der Waals surface area contributed by atoms with Crippen LogP contribution >= 0.6 is 0 Å². The molecule has 92 valence electrons. The number of likely N-dealkylation sites (tertiary alicyclic amines) is 1. The predicted octanol–water partition coefficient (Wildman–Crippen LogP) is 2.23. The van der Waals surface area contributed by atoms with Gasteiger partial charge in [-0.3, -0.25) is 9.69 Å². The average molecular weight is 233 g/mol. The van der Waals surface area contributed by atoms with E-state index in [9.17, 15) is 9.90 Å². The summed E-state index contributed by atoms with van der Waals surface area (Å²) in [6.07, 6.45) is 0.947. The number of hydrogen-bond acceptors (Lipinski definition) is 2. The van der Waals surface area contributed by atoms with E-state index in [1.807, 2.05) is 18.2 Å². The highest BCUT2D eigenvalue weighted by molar-refractivity contribution is 5.71. The Balaban J connectivity index is 1.99. The van der Waals surface area contributed by atoms with E-state index < -0.39 is 5.97 Å². The average Bonchev–Trinajstić information content (AvgIpc) is 2.73. The second-order valence-electron chi connectivity index (χ2n) is 4.79. The van der Waals surface area contributed by atoms with Gasteiger partial charge in [0.15, 0.2) is 0 Å². The number of rotatable bonds is 4. The van der Waals surface area contributed by atoms with Gasteiger partial charge in [0.1, 0.15) is 0 Å². The van der Waals surface area contributed by atoms with Crippen molar-refractivity contribution < 1.29 is 9.90 Å². The molecule has 0 saturated carbocycles. The molecule has 1 N–H and O–H groups in total. The van der Waals surface area contributed by atoms with Gasteiger partial charge < -0.3 is 5.11 Å². The van der Waals surface area contributed by atoms with Crippen LogP contribution in [-0.2, 0) is 11.3 Å². The Bertz CT molecular complexity index is 377. The van der Waals surface area contributed by atoms with Crippen LogP contribution in [-0.4, -0.2) is 29.1 Å². The molecule has 0 bridgehead atoms. The van der Waals surface area contributed by atoms with Crippen LogP contribution in [0.25, 0.3) is 0 Å². The van der Waals surface area contributed by atoms with Gasteiger partial charge in [-0.15, -0.1) is 0 Å². The van der Waals surface area contributed by atoms with E-state index in [1.54, 1.807) is 0 Å².